The van der Waals surface area contributed by atoms with E-state index < -0.39 is 5.60 Å². The second kappa shape index (κ2) is 7.41. The van der Waals surface area contributed by atoms with Crippen LogP contribution in [0.15, 0.2) is 24.4 Å². The van der Waals surface area contributed by atoms with E-state index in [2.05, 4.69) is 5.10 Å². The second-order valence-corrected chi connectivity index (χ2v) is 8.98. The van der Waals surface area contributed by atoms with Crippen LogP contribution in [0.4, 0.5) is 14.9 Å². The van der Waals surface area contributed by atoms with Crippen molar-refractivity contribution < 1.29 is 18.7 Å². The van der Waals surface area contributed by atoms with E-state index in [-0.39, 0.29) is 30.2 Å². The molecule has 30 heavy (non-hydrogen) atoms. The van der Waals surface area contributed by atoms with Crippen molar-refractivity contribution in [3.63, 3.8) is 0 Å². The van der Waals surface area contributed by atoms with Gasteiger partial charge in [0, 0.05) is 25.4 Å². The van der Waals surface area contributed by atoms with Crippen LogP contribution in [0.3, 0.4) is 0 Å². The number of aryl methyl sites for hydroxylation is 1. The molecule has 0 N–H and O–H groups in total. The normalized spacial score (nSPS) is 19.2. The Labute approximate surface area is 175 Å². The minimum Gasteiger partial charge on any atom is -0.444 e. The minimum atomic E-state index is -0.576. The summed E-state index contributed by atoms with van der Waals surface area (Å²) in [6.07, 6.45) is 1.54. The Kier molecular flexibility index (Phi) is 5.03. The third-order valence-electron chi connectivity index (χ3n) is 5.60. The Balaban J connectivity index is 1.56. The Bertz CT molecular complexity index is 975. The molecule has 1 saturated heterocycles. The van der Waals surface area contributed by atoms with Gasteiger partial charge in [-0.3, -0.25) is 9.48 Å². The van der Waals surface area contributed by atoms with Crippen LogP contribution in [0.5, 0.6) is 0 Å². The van der Waals surface area contributed by atoms with Gasteiger partial charge in [0.25, 0.3) is 0 Å². The van der Waals surface area contributed by atoms with Crippen LogP contribution >= 0.6 is 0 Å². The second-order valence-electron chi connectivity index (χ2n) is 8.98. The quantitative estimate of drug-likeness (QED) is 0.753. The standard InChI is InChI=1S/C22H27FN4O3/c1-14-6-5-7-16(23)20(14)15-10-19(28)26(12-15)17-11-24-27-9-8-25(13-18(17)27)21(29)30-22(2,3)4/h5-7,11,15H,8-10,12-13H2,1-4H3. The van der Waals surface area contributed by atoms with Crippen LogP contribution in [0.25, 0.3) is 0 Å². The summed E-state index contributed by atoms with van der Waals surface area (Å²) in [7, 11) is 0. The molecule has 0 saturated carbocycles. The van der Waals surface area contributed by atoms with Crippen molar-refractivity contribution in [2.24, 2.45) is 0 Å². The molecule has 8 heteroatoms. The number of carbonyl (C=O) groups is 2. The monoisotopic (exact) mass is 414 g/mol. The van der Waals surface area contributed by atoms with Crippen LogP contribution in [0, 0.1) is 12.7 Å². The van der Waals surface area contributed by atoms with E-state index in [1.54, 1.807) is 22.1 Å². The Morgan fingerprint density at radius 3 is 2.73 bits per heavy atom. The molecule has 2 aliphatic rings. The Morgan fingerprint density at radius 2 is 2.03 bits per heavy atom. The molecule has 7 nitrogen and oxygen atoms in total. The van der Waals surface area contributed by atoms with Crippen LogP contribution in [0.2, 0.25) is 0 Å². The van der Waals surface area contributed by atoms with Gasteiger partial charge in [0.1, 0.15) is 11.4 Å². The smallest absolute Gasteiger partial charge is 0.410 e. The number of fused-ring (bicyclic) bond motifs is 1. The molecule has 0 aliphatic carbocycles. The number of hydrogen-bond acceptors (Lipinski definition) is 4. The summed E-state index contributed by atoms with van der Waals surface area (Å²) in [5, 5.41) is 4.41. The number of hydrogen-bond donors (Lipinski definition) is 0. The molecule has 1 fully saturated rings. The number of amides is 2. The van der Waals surface area contributed by atoms with Crippen LogP contribution in [-0.4, -0.2) is 45.4 Å². The van der Waals surface area contributed by atoms with Gasteiger partial charge in [0.15, 0.2) is 0 Å². The van der Waals surface area contributed by atoms with E-state index in [0.717, 1.165) is 11.3 Å². The summed E-state index contributed by atoms with van der Waals surface area (Å²) in [4.78, 5) is 28.6. The minimum absolute atomic E-state index is 0.0622. The maximum atomic E-state index is 14.4. The summed E-state index contributed by atoms with van der Waals surface area (Å²) in [5.74, 6) is -0.546. The molecule has 1 aromatic carbocycles. The lowest BCUT2D eigenvalue weighted by atomic mass is 9.93. The maximum absolute atomic E-state index is 14.4. The zero-order valence-corrected chi connectivity index (χ0v) is 17.8. The number of rotatable bonds is 2. The number of benzene rings is 1. The first-order chi connectivity index (χ1) is 14.1. The molecule has 2 aromatic rings. The first-order valence-electron chi connectivity index (χ1n) is 10.2. The highest BCUT2D eigenvalue weighted by Crippen LogP contribution is 2.36. The van der Waals surface area contributed by atoms with Crippen molar-refractivity contribution in [2.45, 2.75) is 58.7 Å². The zero-order valence-electron chi connectivity index (χ0n) is 17.8. The van der Waals surface area contributed by atoms with Gasteiger partial charge < -0.3 is 14.5 Å². The van der Waals surface area contributed by atoms with E-state index in [1.807, 2.05) is 38.4 Å². The lowest BCUT2D eigenvalue weighted by molar-refractivity contribution is -0.117. The number of ether oxygens (including phenoxy) is 1. The van der Waals surface area contributed by atoms with E-state index in [4.69, 9.17) is 4.74 Å². The van der Waals surface area contributed by atoms with Crippen molar-refractivity contribution in [1.82, 2.24) is 14.7 Å². The van der Waals surface area contributed by atoms with Crippen molar-refractivity contribution in [1.29, 1.82) is 0 Å². The van der Waals surface area contributed by atoms with Gasteiger partial charge in [0.2, 0.25) is 5.91 Å². The summed E-state index contributed by atoms with van der Waals surface area (Å²) >= 11 is 0. The number of halogens is 1. The van der Waals surface area contributed by atoms with E-state index >= 15 is 0 Å². The zero-order chi connectivity index (χ0) is 21.6. The average molecular weight is 414 g/mol. The van der Waals surface area contributed by atoms with Gasteiger partial charge in [-0.25, -0.2) is 9.18 Å². The third kappa shape index (κ3) is 3.78. The fourth-order valence-electron chi connectivity index (χ4n) is 4.23. The van der Waals surface area contributed by atoms with Gasteiger partial charge in [0.05, 0.1) is 30.7 Å². The SMILES string of the molecule is Cc1cccc(F)c1C1CC(=O)N(c2cnn3c2CN(C(=O)OC(C)(C)C)CC3)C1. The van der Waals surface area contributed by atoms with Crippen LogP contribution < -0.4 is 4.90 Å². The van der Waals surface area contributed by atoms with Crippen molar-refractivity contribution in [3.05, 3.63) is 47.0 Å². The molecule has 0 spiro atoms. The predicted molar refractivity (Wildman–Crippen MR) is 110 cm³/mol. The van der Waals surface area contributed by atoms with E-state index in [9.17, 15) is 14.0 Å². The summed E-state index contributed by atoms with van der Waals surface area (Å²) < 4.78 is 21.8. The summed E-state index contributed by atoms with van der Waals surface area (Å²) in [6, 6.07) is 4.99. The predicted octanol–water partition coefficient (Wildman–Crippen LogP) is 3.60. The van der Waals surface area contributed by atoms with Crippen molar-refractivity contribution in [3.8, 4) is 0 Å². The molecule has 160 valence electrons. The molecule has 1 unspecified atom stereocenters. The number of anilines is 1. The lowest BCUT2D eigenvalue weighted by Gasteiger charge is -2.31. The van der Waals surface area contributed by atoms with Gasteiger partial charge in [-0.2, -0.15) is 5.10 Å². The van der Waals surface area contributed by atoms with E-state index in [1.165, 1.54) is 6.07 Å². The van der Waals surface area contributed by atoms with Gasteiger partial charge in [-0.1, -0.05) is 12.1 Å². The summed E-state index contributed by atoms with van der Waals surface area (Å²) in [5.41, 5.74) is 2.36. The van der Waals surface area contributed by atoms with E-state index in [0.29, 0.717) is 37.4 Å². The average Bonchev–Trinajstić information content (AvgIpc) is 3.22. The number of aromatic nitrogens is 2. The molecule has 1 aromatic heterocycles. The summed E-state index contributed by atoms with van der Waals surface area (Å²) in [6.45, 7) is 9.10. The van der Waals surface area contributed by atoms with Gasteiger partial charge >= 0.3 is 6.09 Å². The number of nitrogens with zero attached hydrogens (tertiary/aromatic N) is 4. The first-order valence-corrected chi connectivity index (χ1v) is 10.2. The first kappa shape index (κ1) is 20.4. The highest BCUT2D eigenvalue weighted by atomic mass is 19.1. The highest BCUT2D eigenvalue weighted by Gasteiger charge is 2.37. The molecule has 1 atom stereocenters. The topological polar surface area (TPSA) is 67.7 Å². The molecule has 0 radical (unpaired) electrons. The van der Waals surface area contributed by atoms with Crippen LogP contribution in [0.1, 0.15) is 49.9 Å². The molecule has 2 aliphatic heterocycles. The highest BCUT2D eigenvalue weighted by molar-refractivity contribution is 5.97. The van der Waals surface area contributed by atoms with Crippen molar-refractivity contribution >= 4 is 17.7 Å². The molecule has 3 heterocycles. The van der Waals surface area contributed by atoms with Gasteiger partial charge in [-0.15, -0.1) is 0 Å². The molecular formula is C22H27FN4O3. The maximum Gasteiger partial charge on any atom is 0.410 e. The molecule has 4 rings (SSSR count). The van der Waals surface area contributed by atoms with Crippen molar-refractivity contribution in [2.75, 3.05) is 18.0 Å². The fourth-order valence-corrected chi connectivity index (χ4v) is 4.23. The Morgan fingerprint density at radius 1 is 1.27 bits per heavy atom. The Hall–Kier alpha value is -2.90. The van der Waals surface area contributed by atoms with Gasteiger partial charge in [-0.05, 0) is 44.9 Å². The third-order valence-corrected chi connectivity index (χ3v) is 5.60. The molecule has 2 amide bonds. The molecular weight excluding hydrogens is 387 g/mol. The largest absolute Gasteiger partial charge is 0.444 e. The lowest BCUT2D eigenvalue weighted by Crippen LogP contribution is -2.42. The van der Waals surface area contributed by atoms with Crippen LogP contribution in [-0.2, 0) is 22.6 Å². The molecule has 0 bridgehead atoms. The fraction of sp³-hybridized carbons (Fsp3) is 0.500. The number of carbonyl (C=O) groups excluding carboxylic acids is 2.